The van der Waals surface area contributed by atoms with Gasteiger partial charge in [-0.25, -0.2) is 4.99 Å². The van der Waals surface area contributed by atoms with Crippen molar-refractivity contribution in [2.75, 3.05) is 6.61 Å². The van der Waals surface area contributed by atoms with E-state index in [1.54, 1.807) is 0 Å². The number of rotatable bonds is 4. The monoisotopic (exact) mass is 341 g/mol. The van der Waals surface area contributed by atoms with Crippen LogP contribution in [-0.4, -0.2) is 12.5 Å². The number of hydrogen-bond donors (Lipinski definition) is 0. The van der Waals surface area contributed by atoms with Crippen molar-refractivity contribution < 1.29 is 4.74 Å². The van der Waals surface area contributed by atoms with Gasteiger partial charge in [0.05, 0.1) is 12.5 Å². The first kappa shape index (κ1) is 16.6. The standard InChI is InChI=1S/C24H23NO/c1-2-26-24-22(17-18-11-5-3-6-12-18)20-15-9-10-16-21(20)23(25-24)19-13-7-4-8-14-19/h3-16,22-23H,2,17H2,1H3. The van der Waals surface area contributed by atoms with Gasteiger partial charge in [0.2, 0.25) is 0 Å². The van der Waals surface area contributed by atoms with Crippen LogP contribution < -0.4 is 0 Å². The van der Waals surface area contributed by atoms with Crippen molar-refractivity contribution in [3.05, 3.63) is 107 Å². The first-order valence-corrected chi connectivity index (χ1v) is 9.25. The summed E-state index contributed by atoms with van der Waals surface area (Å²) in [5.74, 6) is 1.01. The van der Waals surface area contributed by atoms with Crippen LogP contribution in [0.4, 0.5) is 0 Å². The quantitative estimate of drug-likeness (QED) is 0.609. The van der Waals surface area contributed by atoms with Gasteiger partial charge in [0.15, 0.2) is 5.90 Å². The number of ether oxygens (including phenoxy) is 1. The van der Waals surface area contributed by atoms with Crippen LogP contribution in [0.1, 0.15) is 41.1 Å². The smallest absolute Gasteiger partial charge is 0.192 e. The Kier molecular flexibility index (Phi) is 4.83. The Morgan fingerprint density at radius 1 is 0.769 bits per heavy atom. The summed E-state index contributed by atoms with van der Waals surface area (Å²) in [4.78, 5) is 5.06. The van der Waals surface area contributed by atoms with E-state index in [9.17, 15) is 0 Å². The number of benzene rings is 3. The molecule has 0 amide bonds. The highest BCUT2D eigenvalue weighted by molar-refractivity contribution is 5.87. The van der Waals surface area contributed by atoms with Gasteiger partial charge >= 0.3 is 0 Å². The Morgan fingerprint density at radius 2 is 1.38 bits per heavy atom. The summed E-state index contributed by atoms with van der Waals surface area (Å²) in [6.07, 6.45) is 0.901. The fourth-order valence-corrected chi connectivity index (χ4v) is 3.72. The lowest BCUT2D eigenvalue weighted by molar-refractivity contribution is 0.305. The molecule has 0 fully saturated rings. The molecule has 3 aromatic rings. The lowest BCUT2D eigenvalue weighted by Crippen LogP contribution is -2.26. The molecule has 0 spiro atoms. The predicted octanol–water partition coefficient (Wildman–Crippen LogP) is 5.55. The molecule has 0 aliphatic carbocycles. The third-order valence-electron chi connectivity index (χ3n) is 4.91. The molecule has 0 saturated heterocycles. The number of nitrogens with zero attached hydrogens (tertiary/aromatic N) is 1. The Balaban J connectivity index is 1.79. The van der Waals surface area contributed by atoms with E-state index < -0.39 is 0 Å². The van der Waals surface area contributed by atoms with Gasteiger partial charge in [-0.3, -0.25) is 0 Å². The van der Waals surface area contributed by atoms with E-state index in [0.717, 1.165) is 12.3 Å². The number of fused-ring (bicyclic) bond motifs is 1. The Bertz CT molecular complexity index is 886. The van der Waals surface area contributed by atoms with Crippen molar-refractivity contribution in [1.82, 2.24) is 0 Å². The van der Waals surface area contributed by atoms with Crippen LogP contribution in [0.25, 0.3) is 0 Å². The lowest BCUT2D eigenvalue weighted by Gasteiger charge is -2.30. The average Bonchev–Trinajstić information content (AvgIpc) is 2.71. The van der Waals surface area contributed by atoms with Gasteiger partial charge < -0.3 is 4.74 Å². The van der Waals surface area contributed by atoms with Gasteiger partial charge in [0, 0.05) is 0 Å². The zero-order chi connectivity index (χ0) is 17.8. The minimum Gasteiger partial charge on any atom is -0.481 e. The van der Waals surface area contributed by atoms with Crippen LogP contribution in [0.3, 0.4) is 0 Å². The molecule has 130 valence electrons. The van der Waals surface area contributed by atoms with E-state index in [1.807, 2.05) is 13.0 Å². The molecule has 1 heterocycles. The van der Waals surface area contributed by atoms with Crippen molar-refractivity contribution in [2.24, 2.45) is 4.99 Å². The summed E-state index contributed by atoms with van der Waals surface area (Å²) >= 11 is 0. The number of aliphatic imine (C=N–C) groups is 1. The van der Waals surface area contributed by atoms with Gasteiger partial charge in [0.25, 0.3) is 0 Å². The van der Waals surface area contributed by atoms with Gasteiger partial charge in [0.1, 0.15) is 6.04 Å². The Hall–Kier alpha value is -2.87. The van der Waals surface area contributed by atoms with Crippen LogP contribution in [0, 0.1) is 0 Å². The third-order valence-corrected chi connectivity index (χ3v) is 4.91. The van der Waals surface area contributed by atoms with Gasteiger partial charge in [-0.15, -0.1) is 0 Å². The highest BCUT2D eigenvalue weighted by Crippen LogP contribution is 2.39. The highest BCUT2D eigenvalue weighted by Gasteiger charge is 2.31. The molecule has 2 nitrogen and oxygen atoms in total. The van der Waals surface area contributed by atoms with Gasteiger partial charge in [-0.2, -0.15) is 0 Å². The molecular weight excluding hydrogens is 318 g/mol. The van der Waals surface area contributed by atoms with Crippen LogP contribution in [0.2, 0.25) is 0 Å². The summed E-state index contributed by atoms with van der Waals surface area (Å²) < 4.78 is 6.03. The van der Waals surface area contributed by atoms with Crippen LogP contribution in [-0.2, 0) is 11.2 Å². The molecule has 1 aliphatic rings. The van der Waals surface area contributed by atoms with E-state index >= 15 is 0 Å². The normalized spacial score (nSPS) is 18.7. The second-order valence-electron chi connectivity index (χ2n) is 6.58. The molecule has 2 atom stereocenters. The molecule has 0 N–H and O–H groups in total. The molecule has 2 unspecified atom stereocenters. The largest absolute Gasteiger partial charge is 0.481 e. The summed E-state index contributed by atoms with van der Waals surface area (Å²) in [7, 11) is 0. The maximum Gasteiger partial charge on any atom is 0.192 e. The second-order valence-corrected chi connectivity index (χ2v) is 6.58. The zero-order valence-electron chi connectivity index (χ0n) is 15.0. The van der Waals surface area contributed by atoms with E-state index in [0.29, 0.717) is 6.61 Å². The molecule has 26 heavy (non-hydrogen) atoms. The maximum absolute atomic E-state index is 6.03. The predicted molar refractivity (Wildman–Crippen MR) is 107 cm³/mol. The van der Waals surface area contributed by atoms with Crippen LogP contribution >= 0.6 is 0 Å². The molecular formula is C24H23NO. The summed E-state index contributed by atoms with van der Waals surface area (Å²) in [6, 6.07) is 29.7. The molecule has 0 radical (unpaired) electrons. The fraction of sp³-hybridized carbons (Fsp3) is 0.208. The minimum atomic E-state index is 0.000901. The van der Waals surface area contributed by atoms with Crippen molar-refractivity contribution in [1.29, 1.82) is 0 Å². The fourth-order valence-electron chi connectivity index (χ4n) is 3.72. The SMILES string of the molecule is CCOC1=NC(c2ccccc2)c2ccccc2C1Cc1ccccc1. The zero-order valence-corrected chi connectivity index (χ0v) is 15.0. The third kappa shape index (κ3) is 3.28. The molecule has 3 aromatic carbocycles. The molecule has 1 aliphatic heterocycles. The average molecular weight is 341 g/mol. The van der Waals surface area contributed by atoms with E-state index in [4.69, 9.17) is 9.73 Å². The van der Waals surface area contributed by atoms with E-state index in [-0.39, 0.29) is 12.0 Å². The molecule has 4 rings (SSSR count). The van der Waals surface area contributed by atoms with Crippen LogP contribution in [0.5, 0.6) is 0 Å². The molecule has 2 heteroatoms. The van der Waals surface area contributed by atoms with E-state index in [2.05, 4.69) is 78.9 Å². The summed E-state index contributed by atoms with van der Waals surface area (Å²) in [5.41, 5.74) is 5.11. The van der Waals surface area contributed by atoms with Crippen molar-refractivity contribution in [2.45, 2.75) is 25.3 Å². The van der Waals surface area contributed by atoms with Crippen molar-refractivity contribution in [3.8, 4) is 0 Å². The summed E-state index contributed by atoms with van der Waals surface area (Å²) in [6.45, 7) is 2.66. The summed E-state index contributed by atoms with van der Waals surface area (Å²) in [5, 5.41) is 0. The Labute approximate surface area is 155 Å². The van der Waals surface area contributed by atoms with Gasteiger partial charge in [-0.05, 0) is 35.6 Å². The van der Waals surface area contributed by atoms with Crippen LogP contribution in [0.15, 0.2) is 89.9 Å². The second kappa shape index (κ2) is 7.57. The minimum absolute atomic E-state index is 0.000901. The van der Waals surface area contributed by atoms with Crippen molar-refractivity contribution >= 4 is 5.90 Å². The molecule has 0 bridgehead atoms. The van der Waals surface area contributed by atoms with E-state index in [1.165, 1.54) is 22.3 Å². The molecule has 0 saturated carbocycles. The first-order valence-electron chi connectivity index (χ1n) is 9.25. The first-order chi connectivity index (χ1) is 12.9. The number of hydrogen-bond acceptors (Lipinski definition) is 2. The lowest BCUT2D eigenvalue weighted by atomic mass is 9.82. The maximum atomic E-state index is 6.03. The Morgan fingerprint density at radius 3 is 2.08 bits per heavy atom. The topological polar surface area (TPSA) is 21.6 Å². The molecule has 0 aromatic heterocycles. The van der Waals surface area contributed by atoms with Gasteiger partial charge in [-0.1, -0.05) is 84.9 Å². The highest BCUT2D eigenvalue weighted by atomic mass is 16.5. The van der Waals surface area contributed by atoms with Crippen molar-refractivity contribution in [3.63, 3.8) is 0 Å².